The standard InChI is InChI=1S/C38H30ClF10N7O3S/c1-35(2,60(3,58)59)9-8-20-4-5-21(22-6-7-25(39)29-31(22)56(54-34(29)50)16-36(42,43)44)30(51-20)26(12-17-10-18(40)13-19(41)11-17)52-27(57)15-55-33-28(32(53-55)38(47,48)49)23-14-24(23)37(33,45)46/h4-7,10-11,13,23-24,26H,12,14-16H2,1-3H3,(H2,50,54)(H,52,57)/t23-,24+,26?/m0/s1. The molecule has 0 spiro atoms. The number of nitrogen functional groups attached to an aromatic ring is 1. The predicted molar refractivity (Wildman–Crippen MR) is 197 cm³/mol. The number of amides is 1. The molecule has 3 atom stereocenters. The summed E-state index contributed by atoms with van der Waals surface area (Å²) >= 11 is 6.38. The minimum absolute atomic E-state index is 0.0791. The molecule has 1 fully saturated rings. The summed E-state index contributed by atoms with van der Waals surface area (Å²) in [7, 11) is -3.80. The largest absolute Gasteiger partial charge is 0.435 e. The van der Waals surface area contributed by atoms with Crippen molar-refractivity contribution in [1.82, 2.24) is 29.9 Å². The van der Waals surface area contributed by atoms with E-state index in [2.05, 4.69) is 32.3 Å². The summed E-state index contributed by atoms with van der Waals surface area (Å²) in [6.07, 6.45) is -9.85. The van der Waals surface area contributed by atoms with Crippen molar-refractivity contribution in [2.75, 3.05) is 12.0 Å². The summed E-state index contributed by atoms with van der Waals surface area (Å²) < 4.78 is 168. The van der Waals surface area contributed by atoms with Gasteiger partial charge in [0.15, 0.2) is 21.3 Å². The molecule has 318 valence electrons. The minimum Gasteiger partial charge on any atom is -0.382 e. The molecule has 2 aliphatic rings. The number of nitrogens with zero attached hydrogens (tertiary/aromatic N) is 5. The number of halogens is 11. The molecule has 1 saturated carbocycles. The van der Waals surface area contributed by atoms with E-state index in [4.69, 9.17) is 17.3 Å². The first-order chi connectivity index (χ1) is 27.7. The number of carbonyl (C=O) groups is 1. The summed E-state index contributed by atoms with van der Waals surface area (Å²) in [5.74, 6) is -4.90. The highest BCUT2D eigenvalue weighted by Crippen LogP contribution is 2.68. The number of nitrogens with one attached hydrogen (secondary N) is 1. The van der Waals surface area contributed by atoms with Crippen molar-refractivity contribution in [2.24, 2.45) is 5.92 Å². The van der Waals surface area contributed by atoms with Crippen molar-refractivity contribution in [3.8, 4) is 23.0 Å². The van der Waals surface area contributed by atoms with Gasteiger partial charge in [0, 0.05) is 34.9 Å². The summed E-state index contributed by atoms with van der Waals surface area (Å²) in [6, 6.07) is 5.79. The van der Waals surface area contributed by atoms with E-state index in [1.807, 2.05) is 0 Å². The zero-order valence-corrected chi connectivity index (χ0v) is 32.8. The number of rotatable bonds is 9. The molecule has 10 nitrogen and oxygen atoms in total. The number of hydrogen-bond donors (Lipinski definition) is 2. The molecule has 22 heteroatoms. The number of sulfone groups is 1. The number of anilines is 1. The molecule has 1 unspecified atom stereocenters. The van der Waals surface area contributed by atoms with Crippen LogP contribution < -0.4 is 11.1 Å². The summed E-state index contributed by atoms with van der Waals surface area (Å²) in [5.41, 5.74) is 1.61. The van der Waals surface area contributed by atoms with Crippen molar-refractivity contribution in [3.63, 3.8) is 0 Å². The van der Waals surface area contributed by atoms with Crippen LogP contribution in [0.3, 0.4) is 0 Å². The first kappa shape index (κ1) is 42.8. The lowest BCUT2D eigenvalue weighted by Crippen LogP contribution is -2.35. The van der Waals surface area contributed by atoms with E-state index >= 15 is 8.78 Å². The first-order valence-electron chi connectivity index (χ1n) is 17.7. The van der Waals surface area contributed by atoms with Crippen LogP contribution in [0.2, 0.25) is 5.02 Å². The highest BCUT2D eigenvalue weighted by atomic mass is 35.5. The van der Waals surface area contributed by atoms with Crippen molar-refractivity contribution in [3.05, 3.63) is 93.0 Å². The van der Waals surface area contributed by atoms with Gasteiger partial charge in [-0.2, -0.15) is 45.3 Å². The Morgan fingerprint density at radius 1 is 1.02 bits per heavy atom. The SMILES string of the molecule is CC(C)(C#Cc1ccc(-c2ccc(Cl)c3c(N)nn(CC(F)(F)F)c23)c(C(Cc2cc(F)cc(F)c2)NC(=O)Cn2nc(C(F)(F)F)c3c2C(F)(F)[C@@H]2C[C@H]32)n1)S(C)(=O)=O. The third-order valence-electron chi connectivity index (χ3n) is 10.4. The average molecular weight is 890 g/mol. The number of aromatic nitrogens is 5. The Bertz CT molecular complexity index is 2750. The lowest BCUT2D eigenvalue weighted by molar-refractivity contribution is -0.142. The Kier molecular flexibility index (Phi) is 10.3. The molecule has 0 radical (unpaired) electrons. The second kappa shape index (κ2) is 14.4. The highest BCUT2D eigenvalue weighted by Gasteiger charge is 2.68. The fourth-order valence-electron chi connectivity index (χ4n) is 7.30. The average Bonchev–Trinajstić information content (AvgIpc) is 3.64. The van der Waals surface area contributed by atoms with Gasteiger partial charge in [0.05, 0.1) is 27.7 Å². The molecule has 0 bridgehead atoms. The smallest absolute Gasteiger partial charge is 0.382 e. The zero-order chi connectivity index (χ0) is 44.1. The lowest BCUT2D eigenvalue weighted by Gasteiger charge is -2.23. The number of carbonyl (C=O) groups excluding carboxylic acids is 1. The van der Waals surface area contributed by atoms with Crippen LogP contribution in [0.25, 0.3) is 22.0 Å². The molecule has 7 rings (SSSR count). The van der Waals surface area contributed by atoms with E-state index in [0.29, 0.717) is 10.7 Å². The molecule has 1 amide bonds. The number of nitrogens with two attached hydrogens (primary N) is 1. The predicted octanol–water partition coefficient (Wildman–Crippen LogP) is 7.87. The maximum absolute atomic E-state index is 15.4. The Balaban J connectivity index is 1.42. The van der Waals surface area contributed by atoms with Crippen molar-refractivity contribution < 1.29 is 57.1 Å². The third-order valence-corrected chi connectivity index (χ3v) is 12.6. The first-order valence-corrected chi connectivity index (χ1v) is 20.0. The highest BCUT2D eigenvalue weighted by molar-refractivity contribution is 7.92. The molecule has 0 aliphatic heterocycles. The van der Waals surface area contributed by atoms with Crippen LogP contribution in [0.5, 0.6) is 0 Å². The van der Waals surface area contributed by atoms with Gasteiger partial charge in [0.1, 0.15) is 40.9 Å². The van der Waals surface area contributed by atoms with Crippen LogP contribution in [0.15, 0.2) is 42.5 Å². The molecule has 5 aromatic rings. The fraction of sp³-hybridized carbons (Fsp3) is 0.368. The molecule has 3 heterocycles. The molecule has 2 aliphatic carbocycles. The number of pyridine rings is 1. The monoisotopic (exact) mass is 889 g/mol. The van der Waals surface area contributed by atoms with Crippen molar-refractivity contribution in [1.29, 1.82) is 0 Å². The van der Waals surface area contributed by atoms with E-state index in [0.717, 1.165) is 18.4 Å². The minimum atomic E-state index is -5.15. The molecule has 60 heavy (non-hydrogen) atoms. The van der Waals surface area contributed by atoms with Gasteiger partial charge in [0.25, 0.3) is 5.92 Å². The molecule has 0 saturated heterocycles. The van der Waals surface area contributed by atoms with E-state index in [1.54, 1.807) is 0 Å². The van der Waals surface area contributed by atoms with Gasteiger partial charge in [-0.1, -0.05) is 23.6 Å². The van der Waals surface area contributed by atoms with Gasteiger partial charge in [-0.25, -0.2) is 22.2 Å². The second-order valence-corrected chi connectivity index (χ2v) is 18.1. The van der Waals surface area contributed by atoms with Crippen LogP contribution in [-0.4, -0.2) is 56.0 Å². The fourth-order valence-corrected chi connectivity index (χ4v) is 7.79. The van der Waals surface area contributed by atoms with Gasteiger partial charge in [-0.3, -0.25) is 14.2 Å². The Morgan fingerprint density at radius 2 is 1.67 bits per heavy atom. The molecular weight excluding hydrogens is 860 g/mol. The Hall–Kier alpha value is -5.36. The van der Waals surface area contributed by atoms with E-state index in [1.165, 1.54) is 38.1 Å². The summed E-state index contributed by atoms with van der Waals surface area (Å²) in [6.45, 7) is -0.277. The molecule has 2 aromatic carbocycles. The lowest BCUT2D eigenvalue weighted by atomic mass is 9.93. The zero-order valence-electron chi connectivity index (χ0n) is 31.2. The van der Waals surface area contributed by atoms with Crippen LogP contribution in [0, 0.1) is 29.4 Å². The van der Waals surface area contributed by atoms with Crippen LogP contribution in [0.4, 0.5) is 49.7 Å². The van der Waals surface area contributed by atoms with Crippen LogP contribution in [0.1, 0.15) is 66.1 Å². The maximum Gasteiger partial charge on any atom is 0.435 e. The van der Waals surface area contributed by atoms with Gasteiger partial charge in [-0.15, -0.1) is 0 Å². The van der Waals surface area contributed by atoms with Gasteiger partial charge in [-0.05, 0) is 74.4 Å². The quantitative estimate of drug-likeness (QED) is 0.114. The number of hydrogen-bond acceptors (Lipinski definition) is 7. The number of benzene rings is 2. The summed E-state index contributed by atoms with van der Waals surface area (Å²) in [5, 5.41) is 9.45. The summed E-state index contributed by atoms with van der Waals surface area (Å²) in [4.78, 5) is 18.4. The normalized spacial score (nSPS) is 17.8. The molecule has 3 aromatic heterocycles. The molecule has 3 N–H and O–H groups in total. The van der Waals surface area contributed by atoms with E-state index in [-0.39, 0.29) is 55.1 Å². The third kappa shape index (κ3) is 7.98. The van der Waals surface area contributed by atoms with Crippen LogP contribution in [-0.2, 0) is 46.2 Å². The second-order valence-electron chi connectivity index (χ2n) is 15.1. The van der Waals surface area contributed by atoms with E-state index < -0.39 is 111 Å². The van der Waals surface area contributed by atoms with Crippen molar-refractivity contribution >= 4 is 44.1 Å². The Morgan fingerprint density at radius 3 is 2.28 bits per heavy atom. The number of fused-ring (bicyclic) bond motifs is 4. The molecular formula is C38H30ClF10N7O3S. The number of alkyl halides is 8. The van der Waals surface area contributed by atoms with E-state index in [9.17, 15) is 48.3 Å². The van der Waals surface area contributed by atoms with Crippen LogP contribution >= 0.6 is 11.6 Å². The van der Waals surface area contributed by atoms with Gasteiger partial charge in [0.2, 0.25) is 5.91 Å². The Labute approximate surface area is 339 Å². The van der Waals surface area contributed by atoms with Crippen molar-refractivity contribution in [2.45, 2.75) is 74.8 Å². The topological polar surface area (TPSA) is 138 Å². The maximum atomic E-state index is 15.4. The van der Waals surface area contributed by atoms with Gasteiger partial charge >= 0.3 is 12.4 Å². The van der Waals surface area contributed by atoms with Gasteiger partial charge < -0.3 is 11.1 Å².